The zero-order chi connectivity index (χ0) is 26.4. The molecule has 2 aliphatic heterocycles. The maximum absolute atomic E-state index is 16.0. The minimum absolute atomic E-state index is 0.0199. The van der Waals surface area contributed by atoms with Gasteiger partial charge in [-0.25, -0.2) is 4.39 Å². The molecular weight excluding hydrogens is 489 g/mol. The van der Waals surface area contributed by atoms with Crippen molar-refractivity contribution in [3.63, 3.8) is 0 Å². The zero-order valence-corrected chi connectivity index (χ0v) is 19.7. The molecule has 37 heavy (non-hydrogen) atoms. The van der Waals surface area contributed by atoms with Crippen LogP contribution in [0.3, 0.4) is 0 Å². The number of ether oxygens (including phenoxy) is 1. The summed E-state index contributed by atoms with van der Waals surface area (Å²) >= 11 is 0. The Morgan fingerprint density at radius 1 is 1.19 bits per heavy atom. The number of anilines is 1. The van der Waals surface area contributed by atoms with Gasteiger partial charge in [0.2, 0.25) is 11.7 Å². The number of rotatable bonds is 1. The van der Waals surface area contributed by atoms with Crippen LogP contribution in [0.15, 0.2) is 22.7 Å². The van der Waals surface area contributed by atoms with Crippen LogP contribution in [-0.2, 0) is 27.3 Å². The molecule has 1 unspecified atom stereocenters. The van der Waals surface area contributed by atoms with E-state index in [1.54, 1.807) is 11.9 Å². The smallest absolute Gasteiger partial charge is 0.253 e. The van der Waals surface area contributed by atoms with Crippen LogP contribution in [0, 0.1) is 17.7 Å². The molecule has 11 nitrogen and oxygen atoms in total. The van der Waals surface area contributed by atoms with E-state index in [4.69, 9.17) is 10.5 Å². The number of likely N-dealkylation sites (N-methyl/N-ethyl adjacent to an activating group) is 1. The lowest BCUT2D eigenvalue weighted by molar-refractivity contribution is -0.122. The average molecular weight is 513 g/mol. The average Bonchev–Trinajstić information content (AvgIpc) is 3.72. The SMILES string of the molecule is CN1Cc2c(F)c3c(c(O)c2NC(=O)C12CC2)C(=O)C1=C(O)[C@]24OC2(O)C(C(N)=O)=C(O)C[C@@H]4C[C@@H]1C3. The fourth-order valence-corrected chi connectivity index (χ4v) is 7.20. The Morgan fingerprint density at radius 3 is 2.54 bits per heavy atom. The lowest BCUT2D eigenvalue weighted by atomic mass is 9.61. The quantitative estimate of drug-likeness (QED) is 0.233. The molecule has 2 heterocycles. The molecule has 1 aromatic rings. The minimum atomic E-state index is -2.41. The number of Topliss-reactive ketones (excluding diaryl/α,β-unsaturated/α-hetero) is 1. The maximum atomic E-state index is 16.0. The van der Waals surface area contributed by atoms with Crippen molar-refractivity contribution in [2.24, 2.45) is 17.6 Å². The molecule has 0 radical (unpaired) electrons. The van der Waals surface area contributed by atoms with Crippen LogP contribution in [0.1, 0.15) is 47.2 Å². The van der Waals surface area contributed by atoms with Crippen molar-refractivity contribution < 1.29 is 43.9 Å². The fourth-order valence-electron chi connectivity index (χ4n) is 7.20. The molecule has 2 spiro atoms. The third kappa shape index (κ3) is 2.39. The number of ketones is 1. The van der Waals surface area contributed by atoms with E-state index in [9.17, 15) is 34.8 Å². The summed E-state index contributed by atoms with van der Waals surface area (Å²) in [7, 11) is 1.71. The van der Waals surface area contributed by atoms with Crippen molar-refractivity contribution in [2.45, 2.75) is 55.6 Å². The molecule has 7 rings (SSSR count). The first-order valence-electron chi connectivity index (χ1n) is 12.1. The number of fused-ring (bicyclic) bond motifs is 3. The van der Waals surface area contributed by atoms with E-state index in [2.05, 4.69) is 5.32 Å². The first kappa shape index (κ1) is 22.7. The van der Waals surface area contributed by atoms with Gasteiger partial charge < -0.3 is 36.2 Å². The van der Waals surface area contributed by atoms with Crippen LogP contribution in [0.2, 0.25) is 0 Å². The van der Waals surface area contributed by atoms with E-state index >= 15 is 4.39 Å². The van der Waals surface area contributed by atoms with Gasteiger partial charge in [0.25, 0.3) is 5.91 Å². The summed E-state index contributed by atoms with van der Waals surface area (Å²) in [5.74, 6) is -8.60. The van der Waals surface area contributed by atoms with Crippen LogP contribution >= 0.6 is 0 Å². The summed E-state index contributed by atoms with van der Waals surface area (Å²) in [6, 6.07) is 0. The first-order chi connectivity index (χ1) is 17.4. The Balaban J connectivity index is 1.38. The molecule has 0 aromatic heterocycles. The monoisotopic (exact) mass is 513 g/mol. The zero-order valence-electron chi connectivity index (χ0n) is 19.7. The second-order valence-electron chi connectivity index (χ2n) is 11.0. The number of epoxide rings is 1. The summed E-state index contributed by atoms with van der Waals surface area (Å²) in [5.41, 5.74) is 1.45. The van der Waals surface area contributed by atoms with E-state index in [0.717, 1.165) is 0 Å². The van der Waals surface area contributed by atoms with Crippen molar-refractivity contribution in [3.8, 4) is 5.75 Å². The topological polar surface area (TPSA) is 186 Å². The summed E-state index contributed by atoms with van der Waals surface area (Å²) in [6.07, 6.45) is 1.11. The second kappa shape index (κ2) is 6.50. The number of benzene rings is 1. The third-order valence-corrected chi connectivity index (χ3v) is 9.28. The molecule has 7 N–H and O–H groups in total. The highest BCUT2D eigenvalue weighted by Gasteiger charge is 2.82. The second-order valence-corrected chi connectivity index (χ2v) is 11.0. The lowest BCUT2D eigenvalue weighted by Gasteiger charge is -2.40. The highest BCUT2D eigenvalue weighted by atomic mass is 19.1. The summed E-state index contributed by atoms with van der Waals surface area (Å²) in [6.45, 7) is 0.0503. The standard InChI is InChI=1S/C25H24FN3O8/c1-29-7-11-16(26)10-5-8-4-9-6-12(30)15(21(27)34)25(36)24(9,37-25)20(33)13(8)18(31)14(10)19(32)17(11)28-22(35)23(29)2-3-23/h8-9,30,32-33,36H,2-7H2,1H3,(H2,27,34)(H,28,35)/t8-,9+,24+,25?/m1/s1. The van der Waals surface area contributed by atoms with E-state index in [1.165, 1.54) is 0 Å². The van der Waals surface area contributed by atoms with Crippen LogP contribution < -0.4 is 11.1 Å². The number of nitrogens with two attached hydrogens (primary N) is 1. The minimum Gasteiger partial charge on any atom is -0.512 e. The Bertz CT molecular complexity index is 1460. The molecular formula is C25H24FN3O8. The van der Waals surface area contributed by atoms with Crippen molar-refractivity contribution in [1.29, 1.82) is 0 Å². The molecule has 2 fully saturated rings. The Hall–Kier alpha value is -3.48. The molecule has 1 saturated carbocycles. The van der Waals surface area contributed by atoms with E-state index in [1.807, 2.05) is 0 Å². The molecule has 194 valence electrons. The van der Waals surface area contributed by atoms with Gasteiger partial charge in [0, 0.05) is 35.6 Å². The number of primary amides is 1. The number of aliphatic hydroxyl groups excluding tert-OH is 2. The predicted molar refractivity (Wildman–Crippen MR) is 122 cm³/mol. The van der Waals surface area contributed by atoms with Gasteiger partial charge >= 0.3 is 0 Å². The molecule has 4 aliphatic carbocycles. The summed E-state index contributed by atoms with van der Waals surface area (Å²) < 4.78 is 21.5. The number of allylic oxidation sites excluding steroid dienone is 2. The van der Waals surface area contributed by atoms with Crippen LogP contribution in [-0.4, -0.2) is 66.9 Å². The maximum Gasteiger partial charge on any atom is 0.253 e. The number of phenolic OH excluding ortho intramolecular Hbond substituents is 1. The molecule has 1 aromatic carbocycles. The number of aromatic hydroxyl groups is 1. The predicted octanol–water partition coefficient (Wildman–Crippen LogP) is 0.793. The van der Waals surface area contributed by atoms with E-state index < -0.39 is 75.0 Å². The summed E-state index contributed by atoms with van der Waals surface area (Å²) in [5, 5.41) is 46.6. The number of nitrogens with one attached hydrogen (secondary N) is 1. The molecule has 1 saturated heterocycles. The number of nitrogens with zero attached hydrogens (tertiary/aromatic N) is 1. The Morgan fingerprint density at radius 2 is 1.89 bits per heavy atom. The third-order valence-electron chi connectivity index (χ3n) is 9.28. The van der Waals surface area contributed by atoms with Gasteiger partial charge in [0.05, 0.1) is 11.3 Å². The van der Waals surface area contributed by atoms with Gasteiger partial charge in [-0.3, -0.25) is 19.3 Å². The molecule has 0 bridgehead atoms. The van der Waals surface area contributed by atoms with Crippen LogP contribution in [0.5, 0.6) is 5.75 Å². The highest BCUT2D eigenvalue weighted by Crippen LogP contribution is 2.68. The number of halogens is 1. The first-order valence-corrected chi connectivity index (χ1v) is 12.1. The van der Waals surface area contributed by atoms with Crippen molar-refractivity contribution in [1.82, 2.24) is 4.90 Å². The van der Waals surface area contributed by atoms with Gasteiger partial charge in [0.1, 0.15) is 28.4 Å². The number of carbonyl (C=O) groups is 3. The lowest BCUT2D eigenvalue weighted by Crippen LogP contribution is -2.49. The fraction of sp³-hybridized carbons (Fsp3) is 0.480. The van der Waals surface area contributed by atoms with Gasteiger partial charge in [-0.15, -0.1) is 0 Å². The number of carbonyl (C=O) groups excluding carboxylic acids is 3. The normalized spacial score (nSPS) is 35.1. The van der Waals surface area contributed by atoms with Crippen LogP contribution in [0.25, 0.3) is 0 Å². The number of aliphatic hydroxyl groups is 3. The number of phenols is 1. The largest absolute Gasteiger partial charge is 0.512 e. The van der Waals surface area contributed by atoms with E-state index in [0.29, 0.717) is 12.8 Å². The molecule has 2 amide bonds. The van der Waals surface area contributed by atoms with Gasteiger partial charge in [-0.2, -0.15) is 0 Å². The van der Waals surface area contributed by atoms with Gasteiger partial charge in [-0.1, -0.05) is 0 Å². The van der Waals surface area contributed by atoms with Crippen LogP contribution in [0.4, 0.5) is 10.1 Å². The van der Waals surface area contributed by atoms with E-state index in [-0.39, 0.29) is 53.8 Å². The Labute approximate surface area is 209 Å². The molecule has 6 aliphatic rings. The van der Waals surface area contributed by atoms with Gasteiger partial charge in [-0.05, 0) is 38.6 Å². The number of amides is 2. The van der Waals surface area contributed by atoms with Crippen molar-refractivity contribution in [3.05, 3.63) is 45.2 Å². The number of hydrogen-bond acceptors (Lipinski definition) is 9. The molecule has 4 atom stereocenters. The van der Waals surface area contributed by atoms with Crippen molar-refractivity contribution >= 4 is 23.3 Å². The highest BCUT2D eigenvalue weighted by molar-refractivity contribution is 6.16. The Kier molecular flexibility index (Phi) is 3.99. The molecule has 12 heteroatoms. The summed E-state index contributed by atoms with van der Waals surface area (Å²) in [4.78, 5) is 40.3. The number of hydrogen-bond donors (Lipinski definition) is 6. The van der Waals surface area contributed by atoms with Crippen molar-refractivity contribution in [2.75, 3.05) is 12.4 Å². The van der Waals surface area contributed by atoms with Gasteiger partial charge in [0.15, 0.2) is 17.1 Å².